The Hall–Kier alpha value is -1.56. The molecule has 0 aliphatic carbocycles. The molecule has 1 heterocycles. The van der Waals surface area contributed by atoms with Gasteiger partial charge in [0.1, 0.15) is 0 Å². The summed E-state index contributed by atoms with van der Waals surface area (Å²) in [6, 6.07) is 0. The van der Waals surface area contributed by atoms with Crippen LogP contribution in [0.3, 0.4) is 0 Å². The Morgan fingerprint density at radius 2 is 2.45 bits per heavy atom. The molecule has 60 valence electrons. The van der Waals surface area contributed by atoms with Gasteiger partial charge in [0.15, 0.2) is 11.7 Å². The van der Waals surface area contributed by atoms with Gasteiger partial charge in [-0.25, -0.2) is 9.40 Å². The van der Waals surface area contributed by atoms with Crippen LogP contribution in [0.15, 0.2) is 24.4 Å². The number of nitrogens with zero attached hydrogens (tertiary/aromatic N) is 1. The lowest BCUT2D eigenvalue weighted by atomic mass is 10.5. The highest BCUT2D eigenvalue weighted by Gasteiger charge is 2.12. The molecule has 0 radical (unpaired) electrons. The molecular weight excluding hydrogens is 149 g/mol. The summed E-state index contributed by atoms with van der Waals surface area (Å²) in [5.74, 6) is -1.13. The Morgan fingerprint density at radius 1 is 1.73 bits per heavy atom. The third-order valence-corrected chi connectivity index (χ3v) is 1.11. The third-order valence-electron chi connectivity index (χ3n) is 1.11. The predicted molar refractivity (Wildman–Crippen MR) is 38.4 cm³/mol. The lowest BCUT2D eigenvalue weighted by molar-refractivity contribution is 0.394. The van der Waals surface area contributed by atoms with Crippen molar-refractivity contribution >= 4 is 5.84 Å². The van der Waals surface area contributed by atoms with Crippen LogP contribution < -0.4 is 16.7 Å². The first-order valence-corrected chi connectivity index (χ1v) is 2.89. The second-order valence-electron chi connectivity index (χ2n) is 1.81. The molecular formula is C5H8FN5. The van der Waals surface area contributed by atoms with Crippen LogP contribution in [-0.2, 0) is 0 Å². The fraction of sp³-hybridized carbons (Fsp3) is 0. The number of hydrazine groups is 2. The van der Waals surface area contributed by atoms with E-state index in [1.54, 1.807) is 0 Å². The first-order valence-electron chi connectivity index (χ1n) is 2.89. The second kappa shape index (κ2) is 3.02. The van der Waals surface area contributed by atoms with Crippen molar-refractivity contribution in [3.63, 3.8) is 0 Å². The SMILES string of the molecule is N=C(C(F)=CN)N1C=CNN1. The van der Waals surface area contributed by atoms with Crippen molar-refractivity contribution < 1.29 is 4.39 Å². The molecule has 0 bridgehead atoms. The molecule has 5 nitrogen and oxygen atoms in total. The quantitative estimate of drug-likeness (QED) is 0.306. The van der Waals surface area contributed by atoms with Gasteiger partial charge in [-0.1, -0.05) is 0 Å². The first kappa shape index (κ1) is 7.55. The molecule has 5 N–H and O–H groups in total. The Bertz CT molecular complexity index is 221. The van der Waals surface area contributed by atoms with Crippen molar-refractivity contribution in [1.82, 2.24) is 16.0 Å². The lowest BCUT2D eigenvalue weighted by Crippen LogP contribution is -2.39. The third kappa shape index (κ3) is 1.47. The van der Waals surface area contributed by atoms with Gasteiger partial charge in [0.25, 0.3) is 0 Å². The van der Waals surface area contributed by atoms with Gasteiger partial charge in [0.05, 0.1) is 0 Å². The Kier molecular flexibility index (Phi) is 2.07. The number of amidine groups is 1. The summed E-state index contributed by atoms with van der Waals surface area (Å²) in [5.41, 5.74) is 9.90. The molecule has 0 unspecified atom stereocenters. The zero-order valence-corrected chi connectivity index (χ0v) is 5.63. The van der Waals surface area contributed by atoms with Crippen LogP contribution in [-0.4, -0.2) is 10.8 Å². The fourth-order valence-corrected chi connectivity index (χ4v) is 0.580. The summed E-state index contributed by atoms with van der Waals surface area (Å²) in [6.07, 6.45) is 3.72. The average Bonchev–Trinajstić information content (AvgIpc) is 2.53. The topological polar surface area (TPSA) is 77.2 Å². The molecule has 0 spiro atoms. The fourth-order valence-electron chi connectivity index (χ4n) is 0.580. The molecule has 0 aromatic carbocycles. The standard InChI is InChI=1S/C5H8FN5/c6-4(3-7)5(8)11-2-1-9-10-11/h1-3,8-10H,7H2. The van der Waals surface area contributed by atoms with Gasteiger partial charge in [-0.3, -0.25) is 5.41 Å². The second-order valence-corrected chi connectivity index (χ2v) is 1.81. The molecule has 1 aliphatic rings. The van der Waals surface area contributed by atoms with Gasteiger partial charge >= 0.3 is 0 Å². The molecule has 0 saturated carbocycles. The number of nitrogens with two attached hydrogens (primary N) is 1. The predicted octanol–water partition coefficient (Wildman–Crippen LogP) is -0.471. The summed E-state index contributed by atoms with van der Waals surface area (Å²) in [4.78, 5) is 0. The smallest absolute Gasteiger partial charge is 0.182 e. The van der Waals surface area contributed by atoms with Gasteiger partial charge in [0.2, 0.25) is 0 Å². The van der Waals surface area contributed by atoms with E-state index >= 15 is 0 Å². The summed E-state index contributed by atoms with van der Waals surface area (Å²) in [6.45, 7) is 0. The molecule has 0 amide bonds. The van der Waals surface area contributed by atoms with Gasteiger partial charge < -0.3 is 11.2 Å². The Morgan fingerprint density at radius 3 is 2.91 bits per heavy atom. The van der Waals surface area contributed by atoms with E-state index in [1.165, 1.54) is 12.4 Å². The van der Waals surface area contributed by atoms with Crippen LogP contribution >= 0.6 is 0 Å². The van der Waals surface area contributed by atoms with E-state index in [1.807, 2.05) is 0 Å². The number of halogens is 1. The van der Waals surface area contributed by atoms with E-state index in [2.05, 4.69) is 11.0 Å². The lowest BCUT2D eigenvalue weighted by Gasteiger charge is -2.13. The zero-order valence-electron chi connectivity index (χ0n) is 5.63. The van der Waals surface area contributed by atoms with Crippen molar-refractivity contribution in [2.45, 2.75) is 0 Å². The highest BCUT2D eigenvalue weighted by atomic mass is 19.1. The van der Waals surface area contributed by atoms with Gasteiger partial charge in [0, 0.05) is 18.6 Å². The normalized spacial score (nSPS) is 16.8. The van der Waals surface area contributed by atoms with Gasteiger partial charge in [-0.2, -0.15) is 0 Å². The average molecular weight is 157 g/mol. The first-order chi connectivity index (χ1) is 5.25. The van der Waals surface area contributed by atoms with Crippen molar-refractivity contribution in [1.29, 1.82) is 5.41 Å². The minimum Gasteiger partial charge on any atom is -0.402 e. The molecule has 1 rings (SSSR count). The maximum absolute atomic E-state index is 12.5. The molecule has 0 fully saturated rings. The highest BCUT2D eigenvalue weighted by Crippen LogP contribution is 2.01. The summed E-state index contributed by atoms with van der Waals surface area (Å²) >= 11 is 0. The number of hydrogen-bond donors (Lipinski definition) is 4. The van der Waals surface area contributed by atoms with Crippen LogP contribution in [0.5, 0.6) is 0 Å². The van der Waals surface area contributed by atoms with E-state index in [4.69, 9.17) is 11.1 Å². The van der Waals surface area contributed by atoms with E-state index in [-0.39, 0.29) is 5.84 Å². The summed E-state index contributed by atoms with van der Waals surface area (Å²) in [7, 11) is 0. The molecule has 0 aromatic heterocycles. The van der Waals surface area contributed by atoms with Crippen molar-refractivity contribution in [3.05, 3.63) is 24.4 Å². The number of hydrogen-bond acceptors (Lipinski definition) is 4. The van der Waals surface area contributed by atoms with E-state index in [0.29, 0.717) is 0 Å². The largest absolute Gasteiger partial charge is 0.402 e. The molecule has 1 aliphatic heterocycles. The molecule has 0 atom stereocenters. The number of rotatable bonds is 1. The minimum absolute atomic E-state index is 0.339. The van der Waals surface area contributed by atoms with Crippen molar-refractivity contribution in [2.75, 3.05) is 0 Å². The van der Waals surface area contributed by atoms with E-state index in [0.717, 1.165) is 11.2 Å². The minimum atomic E-state index is -0.786. The number of nitrogens with one attached hydrogen (secondary N) is 3. The maximum atomic E-state index is 12.5. The molecule has 0 saturated heterocycles. The van der Waals surface area contributed by atoms with Gasteiger partial charge in [-0.15, -0.1) is 5.53 Å². The van der Waals surface area contributed by atoms with Crippen LogP contribution in [0, 0.1) is 5.41 Å². The van der Waals surface area contributed by atoms with E-state index in [9.17, 15) is 4.39 Å². The van der Waals surface area contributed by atoms with Crippen molar-refractivity contribution in [2.24, 2.45) is 5.73 Å². The van der Waals surface area contributed by atoms with Crippen molar-refractivity contribution in [3.8, 4) is 0 Å². The summed E-state index contributed by atoms with van der Waals surface area (Å²) < 4.78 is 12.5. The Labute approximate surface area is 62.8 Å². The summed E-state index contributed by atoms with van der Waals surface area (Å²) in [5, 5.41) is 8.29. The molecule has 11 heavy (non-hydrogen) atoms. The monoisotopic (exact) mass is 157 g/mol. The van der Waals surface area contributed by atoms with Crippen LogP contribution in [0.2, 0.25) is 0 Å². The van der Waals surface area contributed by atoms with Gasteiger partial charge in [-0.05, 0) is 0 Å². The highest BCUT2D eigenvalue weighted by molar-refractivity contribution is 5.93. The molecule has 0 aromatic rings. The maximum Gasteiger partial charge on any atom is 0.182 e. The van der Waals surface area contributed by atoms with Crippen LogP contribution in [0.25, 0.3) is 0 Å². The Balaban J connectivity index is 2.61. The molecule has 6 heteroatoms. The van der Waals surface area contributed by atoms with Crippen LogP contribution in [0.1, 0.15) is 0 Å². The van der Waals surface area contributed by atoms with Crippen LogP contribution in [0.4, 0.5) is 4.39 Å². The zero-order chi connectivity index (χ0) is 8.27. The van der Waals surface area contributed by atoms with E-state index < -0.39 is 5.83 Å².